The number of rotatable bonds is 7. The second-order valence-corrected chi connectivity index (χ2v) is 6.43. The SMILES string of the molecule is CCOC(=O)c1ccccc1OC(=O)CSc1ccc(C(F)(F)F)cc1[N+](=O)[O-]. The summed E-state index contributed by atoms with van der Waals surface area (Å²) < 4.78 is 48.2. The molecule has 11 heteroatoms. The smallest absolute Gasteiger partial charge is 0.416 e. The molecule has 0 unspecified atom stereocenters. The highest BCUT2D eigenvalue weighted by Crippen LogP contribution is 2.36. The van der Waals surface area contributed by atoms with E-state index in [1.54, 1.807) is 13.0 Å². The molecule has 7 nitrogen and oxygen atoms in total. The summed E-state index contributed by atoms with van der Waals surface area (Å²) in [5, 5.41) is 11.1. The fourth-order valence-electron chi connectivity index (χ4n) is 2.18. The molecule has 0 N–H and O–H groups in total. The summed E-state index contributed by atoms with van der Waals surface area (Å²) in [6.07, 6.45) is -4.73. The van der Waals surface area contributed by atoms with Gasteiger partial charge >= 0.3 is 18.1 Å². The average Bonchev–Trinajstić information content (AvgIpc) is 2.66. The van der Waals surface area contributed by atoms with Gasteiger partial charge in [0.05, 0.1) is 27.7 Å². The quantitative estimate of drug-likeness (QED) is 0.210. The lowest BCUT2D eigenvalue weighted by Crippen LogP contribution is -2.14. The minimum Gasteiger partial charge on any atom is -0.462 e. The number of nitro groups is 1. The molecule has 154 valence electrons. The highest BCUT2D eigenvalue weighted by atomic mass is 32.2. The van der Waals surface area contributed by atoms with Crippen molar-refractivity contribution in [2.24, 2.45) is 0 Å². The van der Waals surface area contributed by atoms with E-state index in [4.69, 9.17) is 9.47 Å². The molecule has 2 aromatic rings. The maximum absolute atomic E-state index is 12.7. The van der Waals surface area contributed by atoms with E-state index in [1.165, 1.54) is 18.2 Å². The van der Waals surface area contributed by atoms with Crippen LogP contribution in [0.1, 0.15) is 22.8 Å². The van der Waals surface area contributed by atoms with E-state index in [9.17, 15) is 32.9 Å². The van der Waals surface area contributed by atoms with Gasteiger partial charge in [0.1, 0.15) is 11.3 Å². The number of hydrogen-bond donors (Lipinski definition) is 0. The summed E-state index contributed by atoms with van der Waals surface area (Å²) >= 11 is 0.647. The number of nitrogens with zero attached hydrogens (tertiary/aromatic N) is 1. The lowest BCUT2D eigenvalue weighted by Gasteiger charge is -2.10. The molecule has 0 amide bonds. The van der Waals surface area contributed by atoms with Crippen molar-refractivity contribution in [3.05, 3.63) is 63.7 Å². The molecule has 0 aliphatic carbocycles. The normalized spacial score (nSPS) is 11.0. The zero-order valence-corrected chi connectivity index (χ0v) is 15.7. The van der Waals surface area contributed by atoms with E-state index < -0.39 is 40.0 Å². The largest absolute Gasteiger partial charge is 0.462 e. The molecule has 0 aliphatic rings. The van der Waals surface area contributed by atoms with Crippen LogP contribution in [0.4, 0.5) is 18.9 Å². The summed E-state index contributed by atoms with van der Waals surface area (Å²) in [4.78, 5) is 33.9. The molecule has 29 heavy (non-hydrogen) atoms. The third kappa shape index (κ3) is 5.95. The van der Waals surface area contributed by atoms with Crippen molar-refractivity contribution >= 4 is 29.4 Å². The summed E-state index contributed by atoms with van der Waals surface area (Å²) in [5.41, 5.74) is -1.92. The first-order valence-corrected chi connectivity index (χ1v) is 9.07. The number of carbonyl (C=O) groups excluding carboxylic acids is 2. The number of ether oxygens (including phenoxy) is 2. The Labute approximate surface area is 167 Å². The Kier molecular flexibility index (Phi) is 7.21. The third-order valence-corrected chi connectivity index (χ3v) is 4.47. The van der Waals surface area contributed by atoms with Crippen LogP contribution in [0.15, 0.2) is 47.4 Å². The zero-order chi connectivity index (χ0) is 21.6. The molecule has 0 heterocycles. The summed E-state index contributed by atoms with van der Waals surface area (Å²) in [5.74, 6) is -2.02. The number of halogens is 3. The summed E-state index contributed by atoms with van der Waals surface area (Å²) in [7, 11) is 0. The number of thioether (sulfide) groups is 1. The topological polar surface area (TPSA) is 95.7 Å². The van der Waals surface area contributed by atoms with Crippen molar-refractivity contribution < 1.29 is 37.2 Å². The highest BCUT2D eigenvalue weighted by Gasteiger charge is 2.33. The fourth-order valence-corrected chi connectivity index (χ4v) is 2.96. The molecule has 2 rings (SSSR count). The van der Waals surface area contributed by atoms with Gasteiger partial charge in [0.25, 0.3) is 5.69 Å². The van der Waals surface area contributed by atoms with E-state index >= 15 is 0 Å². The number of nitro benzene ring substituents is 1. The first-order chi connectivity index (χ1) is 13.6. The lowest BCUT2D eigenvalue weighted by molar-refractivity contribution is -0.388. The fraction of sp³-hybridized carbons (Fsp3) is 0.222. The summed E-state index contributed by atoms with van der Waals surface area (Å²) in [6, 6.07) is 7.86. The van der Waals surface area contributed by atoms with Crippen LogP contribution >= 0.6 is 11.8 Å². The number of alkyl halides is 3. The molecule has 0 saturated carbocycles. The molecular formula is C18H14F3NO6S. The Balaban J connectivity index is 2.12. The van der Waals surface area contributed by atoms with Gasteiger partial charge in [-0.05, 0) is 31.2 Å². The number of benzene rings is 2. The van der Waals surface area contributed by atoms with E-state index in [1.807, 2.05) is 0 Å². The van der Waals surface area contributed by atoms with Crippen LogP contribution in [0.3, 0.4) is 0 Å². The van der Waals surface area contributed by atoms with Gasteiger partial charge in [-0.15, -0.1) is 11.8 Å². The lowest BCUT2D eigenvalue weighted by atomic mass is 10.2. The Morgan fingerprint density at radius 1 is 1.17 bits per heavy atom. The Bertz CT molecular complexity index is 932. The van der Waals surface area contributed by atoms with Crippen LogP contribution < -0.4 is 4.74 Å². The van der Waals surface area contributed by atoms with Crippen molar-refractivity contribution in [1.82, 2.24) is 0 Å². The molecule has 0 atom stereocenters. The minimum absolute atomic E-state index is 0.0215. The predicted molar refractivity (Wildman–Crippen MR) is 96.9 cm³/mol. The second-order valence-electron chi connectivity index (χ2n) is 5.42. The van der Waals surface area contributed by atoms with Crippen molar-refractivity contribution in [3.63, 3.8) is 0 Å². The van der Waals surface area contributed by atoms with E-state index in [0.717, 1.165) is 6.07 Å². The predicted octanol–water partition coefficient (Wildman–Crippen LogP) is 4.49. The van der Waals surface area contributed by atoms with Gasteiger partial charge in [0.15, 0.2) is 0 Å². The second kappa shape index (κ2) is 9.41. The van der Waals surface area contributed by atoms with Crippen LogP contribution in [-0.2, 0) is 15.7 Å². The molecule has 0 radical (unpaired) electrons. The van der Waals surface area contributed by atoms with Crippen LogP contribution in [0, 0.1) is 10.1 Å². The van der Waals surface area contributed by atoms with Crippen LogP contribution in [0.5, 0.6) is 5.75 Å². The molecule has 0 aromatic heterocycles. The maximum Gasteiger partial charge on any atom is 0.416 e. The van der Waals surface area contributed by atoms with Gasteiger partial charge in [0.2, 0.25) is 0 Å². The van der Waals surface area contributed by atoms with E-state index in [0.29, 0.717) is 23.9 Å². The van der Waals surface area contributed by atoms with Gasteiger partial charge in [-0.25, -0.2) is 4.79 Å². The molecule has 0 bridgehead atoms. The first kappa shape index (κ1) is 22.2. The monoisotopic (exact) mass is 429 g/mol. The van der Waals surface area contributed by atoms with Crippen molar-refractivity contribution in [2.75, 3.05) is 12.4 Å². The van der Waals surface area contributed by atoms with Crippen molar-refractivity contribution in [3.8, 4) is 5.75 Å². The first-order valence-electron chi connectivity index (χ1n) is 8.08. The van der Waals surface area contributed by atoms with Crippen LogP contribution in [0.2, 0.25) is 0 Å². The maximum atomic E-state index is 12.7. The van der Waals surface area contributed by atoms with E-state index in [-0.39, 0.29) is 22.8 Å². The molecular weight excluding hydrogens is 415 g/mol. The van der Waals surface area contributed by atoms with Crippen molar-refractivity contribution in [1.29, 1.82) is 0 Å². The summed E-state index contributed by atoms with van der Waals surface area (Å²) in [6.45, 7) is 1.73. The highest BCUT2D eigenvalue weighted by molar-refractivity contribution is 8.00. The Morgan fingerprint density at radius 3 is 2.48 bits per heavy atom. The number of esters is 2. The van der Waals surface area contributed by atoms with Gasteiger partial charge in [-0.3, -0.25) is 14.9 Å². The van der Waals surface area contributed by atoms with Gasteiger partial charge in [-0.2, -0.15) is 13.2 Å². The Morgan fingerprint density at radius 2 is 1.86 bits per heavy atom. The molecule has 2 aromatic carbocycles. The van der Waals surface area contributed by atoms with Gasteiger partial charge in [-0.1, -0.05) is 12.1 Å². The molecule has 0 aliphatic heterocycles. The molecule has 0 fully saturated rings. The number of hydrogen-bond acceptors (Lipinski definition) is 7. The average molecular weight is 429 g/mol. The molecule has 0 spiro atoms. The third-order valence-electron chi connectivity index (χ3n) is 3.43. The van der Waals surface area contributed by atoms with E-state index in [2.05, 4.69) is 0 Å². The van der Waals surface area contributed by atoms with Crippen molar-refractivity contribution in [2.45, 2.75) is 18.0 Å². The van der Waals surface area contributed by atoms with Gasteiger partial charge < -0.3 is 9.47 Å². The number of carbonyl (C=O) groups is 2. The minimum atomic E-state index is -4.73. The zero-order valence-electron chi connectivity index (χ0n) is 14.9. The standard InChI is InChI=1S/C18H14F3NO6S/c1-2-27-17(24)12-5-3-4-6-14(12)28-16(23)10-29-15-8-7-11(18(19,20)21)9-13(15)22(25)26/h3-9H,2,10H2,1H3. The van der Waals surface area contributed by atoms with Gasteiger partial charge in [0, 0.05) is 6.07 Å². The number of para-hydroxylation sites is 1. The van der Waals surface area contributed by atoms with Crippen LogP contribution in [0.25, 0.3) is 0 Å². The molecule has 0 saturated heterocycles. The Hall–Kier alpha value is -3.08. The van der Waals surface area contributed by atoms with Crippen LogP contribution in [-0.4, -0.2) is 29.2 Å².